The van der Waals surface area contributed by atoms with Gasteiger partial charge in [0.1, 0.15) is 0 Å². The second-order valence-electron chi connectivity index (χ2n) is 0. The second-order valence-corrected chi connectivity index (χ2v) is 0. The summed E-state index contributed by atoms with van der Waals surface area (Å²) in [6, 6.07) is 0. The molecule has 0 unspecified atom stereocenters. The summed E-state index contributed by atoms with van der Waals surface area (Å²) in [5.41, 5.74) is 0. The van der Waals surface area contributed by atoms with Gasteiger partial charge in [-0.15, -0.1) is 0 Å². The maximum atomic E-state index is 0. The second kappa shape index (κ2) is 215. The zero-order valence-electron chi connectivity index (χ0n) is 3.09. The van der Waals surface area contributed by atoms with Crippen LogP contribution in [0, 0.1) is 0 Å². The average molecular weight is 110 g/mol. The van der Waals surface area contributed by atoms with Crippen molar-refractivity contribution < 1.29 is 48.4 Å². The Kier molecular flexibility index (Phi) is 13200. The van der Waals surface area contributed by atoms with Crippen molar-refractivity contribution in [2.24, 2.45) is 0 Å². The fraction of sp³-hybridized carbons (Fsp3) is 0. The molecule has 0 atom stereocenters. The molecule has 0 heterocycles. The molecule has 6 heteroatoms. The topological polar surface area (TPSA) is 0 Å². The van der Waals surface area contributed by atoms with Gasteiger partial charge < -0.3 is 27.2 Å². The van der Waals surface area contributed by atoms with E-state index in [2.05, 4.69) is 0 Å². The smallest absolute Gasteiger partial charge is 1.00 e. The molecule has 0 aromatic heterocycles. The molecule has 4 radical (unpaired) electrons. The van der Waals surface area contributed by atoms with Crippen LogP contribution in [0.25, 0.3) is 0 Å². The van der Waals surface area contributed by atoms with Crippen LogP contribution in [0.3, 0.4) is 0 Å². The monoisotopic (exact) mass is 110 g/mol. The van der Waals surface area contributed by atoms with Gasteiger partial charge >= 0.3 is 29.6 Å². The molecular formula is BF4Na-4. The van der Waals surface area contributed by atoms with Crippen LogP contribution in [-0.4, -0.2) is 8.41 Å². The van der Waals surface area contributed by atoms with Crippen molar-refractivity contribution in [2.45, 2.75) is 0 Å². The maximum Gasteiger partial charge on any atom is 1.00 e. The molecule has 0 aliphatic rings. The van der Waals surface area contributed by atoms with E-state index >= 15 is 0 Å². The summed E-state index contributed by atoms with van der Waals surface area (Å²) >= 11 is 0. The van der Waals surface area contributed by atoms with Crippen molar-refractivity contribution in [3.05, 3.63) is 0 Å². The molecule has 0 saturated carbocycles. The van der Waals surface area contributed by atoms with Gasteiger partial charge in [0.15, 0.2) is 0 Å². The van der Waals surface area contributed by atoms with Crippen molar-refractivity contribution in [1.82, 2.24) is 0 Å². The minimum atomic E-state index is 0. The summed E-state index contributed by atoms with van der Waals surface area (Å²) in [6.45, 7) is 0. The normalized spacial score (nSPS) is 0. The molecule has 0 aromatic rings. The van der Waals surface area contributed by atoms with E-state index in [1.807, 2.05) is 0 Å². The standard InChI is InChI=1S/B.4FH.Na/h;4*1H;/q-1;;;;;+1/p-4. The zero-order chi connectivity index (χ0) is 0. The fourth-order valence-electron chi connectivity index (χ4n) is 0. The van der Waals surface area contributed by atoms with Gasteiger partial charge in [0.25, 0.3) is 0 Å². The van der Waals surface area contributed by atoms with Crippen molar-refractivity contribution >= 4 is 8.41 Å². The van der Waals surface area contributed by atoms with E-state index in [4.69, 9.17) is 0 Å². The van der Waals surface area contributed by atoms with E-state index < -0.39 is 0 Å². The van der Waals surface area contributed by atoms with Gasteiger partial charge in [0.05, 0.1) is 0 Å². The van der Waals surface area contributed by atoms with Crippen molar-refractivity contribution in [3.63, 3.8) is 0 Å². The summed E-state index contributed by atoms with van der Waals surface area (Å²) in [4.78, 5) is 0. The molecule has 0 aliphatic carbocycles. The Bertz CT molecular complexity index is 7.51. The van der Waals surface area contributed by atoms with Crippen molar-refractivity contribution in [2.75, 3.05) is 0 Å². The summed E-state index contributed by atoms with van der Waals surface area (Å²) in [7, 11) is 0. The Morgan fingerprint density at radius 1 is 0.500 bits per heavy atom. The minimum Gasteiger partial charge on any atom is -1.00 e. The maximum absolute atomic E-state index is 0. The largest absolute Gasteiger partial charge is 1.00 e. The van der Waals surface area contributed by atoms with Crippen LogP contribution >= 0.6 is 0 Å². The Hall–Kier alpha value is 0.785. The number of halogens is 4. The molecule has 6 heavy (non-hydrogen) atoms. The van der Waals surface area contributed by atoms with E-state index in [-0.39, 0.29) is 56.8 Å². The average Bonchev–Trinajstić information content (AvgIpc) is 0. The van der Waals surface area contributed by atoms with Gasteiger partial charge in [0.2, 0.25) is 0 Å². The van der Waals surface area contributed by atoms with E-state index in [9.17, 15) is 0 Å². The van der Waals surface area contributed by atoms with E-state index in [0.29, 0.717) is 0 Å². The zero-order valence-corrected chi connectivity index (χ0v) is 5.09. The molecule has 0 spiro atoms. The van der Waals surface area contributed by atoms with Gasteiger partial charge in [-0.3, -0.25) is 0 Å². The molecule has 0 amide bonds. The first kappa shape index (κ1) is 369. The van der Waals surface area contributed by atoms with Crippen molar-refractivity contribution in [1.29, 1.82) is 0 Å². The van der Waals surface area contributed by atoms with E-state index in [1.54, 1.807) is 0 Å². The molecular weight excluding hydrogens is 110 g/mol. The Labute approximate surface area is 57.0 Å². The Morgan fingerprint density at radius 3 is 0.500 bits per heavy atom. The Morgan fingerprint density at radius 2 is 0.500 bits per heavy atom. The van der Waals surface area contributed by atoms with E-state index in [0.717, 1.165) is 0 Å². The summed E-state index contributed by atoms with van der Waals surface area (Å²) in [5.74, 6) is 0. The molecule has 0 saturated heterocycles. The number of hydrogen-bond donors (Lipinski definition) is 0. The van der Waals surface area contributed by atoms with Gasteiger partial charge in [-0.05, 0) is 0 Å². The third-order valence-electron chi connectivity index (χ3n) is 0. The SMILES string of the molecule is [B-].[F-].[F-].[F-].[F-].[Na+]. The fourth-order valence-corrected chi connectivity index (χ4v) is 0. The van der Waals surface area contributed by atoms with Crippen LogP contribution in [0.15, 0.2) is 0 Å². The molecule has 0 N–H and O–H groups in total. The molecule has 0 bridgehead atoms. The summed E-state index contributed by atoms with van der Waals surface area (Å²) in [6.07, 6.45) is 0. The van der Waals surface area contributed by atoms with Crippen LogP contribution in [-0.2, 0) is 0 Å². The summed E-state index contributed by atoms with van der Waals surface area (Å²) < 4.78 is 0. The third kappa shape index (κ3) is 111. The molecule has 36 valence electrons. The van der Waals surface area contributed by atoms with Crippen LogP contribution in [0.2, 0.25) is 0 Å². The van der Waals surface area contributed by atoms with Gasteiger partial charge in [0, 0.05) is 0 Å². The first-order valence-corrected chi connectivity index (χ1v) is 0. The third-order valence-corrected chi connectivity index (χ3v) is 0. The predicted octanol–water partition coefficient (Wildman–Crippen LogP) is -15.4. The van der Waals surface area contributed by atoms with Crippen LogP contribution < -0.4 is 48.4 Å². The molecule has 0 nitrogen and oxygen atoms in total. The number of hydrogen-bond acceptors (Lipinski definition) is 0. The minimum absolute atomic E-state index is 0. The Balaban J connectivity index is 0. The van der Waals surface area contributed by atoms with Gasteiger partial charge in [-0.2, -0.15) is 0 Å². The summed E-state index contributed by atoms with van der Waals surface area (Å²) in [5, 5.41) is 0. The van der Waals surface area contributed by atoms with Crippen LogP contribution in [0.5, 0.6) is 0 Å². The predicted molar refractivity (Wildman–Crippen MR) is 5.75 cm³/mol. The molecule has 0 fully saturated rings. The van der Waals surface area contributed by atoms with Crippen LogP contribution in [0.4, 0.5) is 0 Å². The van der Waals surface area contributed by atoms with E-state index in [1.165, 1.54) is 0 Å². The molecule has 0 aliphatic heterocycles. The van der Waals surface area contributed by atoms with Gasteiger partial charge in [-0.1, -0.05) is 0 Å². The molecule has 0 rings (SSSR count). The number of rotatable bonds is 0. The quantitative estimate of drug-likeness (QED) is 0.214. The first-order chi connectivity index (χ1) is 0. The van der Waals surface area contributed by atoms with Gasteiger partial charge in [-0.25, -0.2) is 0 Å². The molecule has 0 aromatic carbocycles. The van der Waals surface area contributed by atoms with Crippen molar-refractivity contribution in [3.8, 4) is 0 Å². The van der Waals surface area contributed by atoms with Crippen LogP contribution in [0.1, 0.15) is 0 Å². The first-order valence-electron chi connectivity index (χ1n) is 0.